The van der Waals surface area contributed by atoms with Crippen LogP contribution in [0, 0.1) is 13.8 Å². The standard InChI is InChI=1S/C30H28O4/c1-17-9-23-13-19-5-3-7-21(27(19)31)15-25-11-18(2)12-26(30(25)34)16-22-8-4-6-20(28(22)32)14-24(10-17)29(23)33/h3-12,31-34H,13-16H2,1-2H3. The highest BCUT2D eigenvalue weighted by atomic mass is 16.3. The van der Waals surface area contributed by atoms with E-state index in [1.54, 1.807) is 0 Å². The van der Waals surface area contributed by atoms with Crippen LogP contribution in [0.15, 0.2) is 60.7 Å². The summed E-state index contributed by atoms with van der Waals surface area (Å²) in [4.78, 5) is 0. The molecule has 4 aromatic carbocycles. The first-order valence-electron chi connectivity index (χ1n) is 11.5. The Morgan fingerprint density at radius 3 is 0.912 bits per heavy atom. The molecule has 0 aliphatic heterocycles. The van der Waals surface area contributed by atoms with Crippen molar-refractivity contribution in [2.24, 2.45) is 0 Å². The van der Waals surface area contributed by atoms with Gasteiger partial charge < -0.3 is 20.4 Å². The Kier molecular flexibility index (Phi) is 5.45. The van der Waals surface area contributed by atoms with Crippen LogP contribution >= 0.6 is 0 Å². The minimum absolute atomic E-state index is 0.183. The lowest BCUT2D eigenvalue weighted by Crippen LogP contribution is -2.01. The van der Waals surface area contributed by atoms with Gasteiger partial charge in [-0.15, -0.1) is 0 Å². The monoisotopic (exact) mass is 452 g/mol. The lowest BCUT2D eigenvalue weighted by molar-refractivity contribution is 0.450. The minimum Gasteiger partial charge on any atom is -0.507 e. The van der Waals surface area contributed by atoms with E-state index >= 15 is 0 Å². The Bertz CT molecular complexity index is 1220. The van der Waals surface area contributed by atoms with E-state index in [-0.39, 0.29) is 23.0 Å². The van der Waals surface area contributed by atoms with Gasteiger partial charge in [0.25, 0.3) is 0 Å². The smallest absolute Gasteiger partial charge is 0.122 e. The van der Waals surface area contributed by atoms with E-state index < -0.39 is 0 Å². The van der Waals surface area contributed by atoms with E-state index in [2.05, 4.69) is 0 Å². The summed E-state index contributed by atoms with van der Waals surface area (Å²) in [6.45, 7) is 3.96. The second kappa shape index (κ2) is 8.45. The molecule has 0 atom stereocenters. The number of hydrogen-bond donors (Lipinski definition) is 4. The molecule has 4 aromatic rings. The van der Waals surface area contributed by atoms with Crippen molar-refractivity contribution >= 4 is 0 Å². The van der Waals surface area contributed by atoms with Crippen LogP contribution in [0.3, 0.4) is 0 Å². The number of hydrogen-bond acceptors (Lipinski definition) is 4. The van der Waals surface area contributed by atoms with Gasteiger partial charge in [-0.25, -0.2) is 0 Å². The molecule has 34 heavy (non-hydrogen) atoms. The molecular weight excluding hydrogens is 424 g/mol. The van der Waals surface area contributed by atoms with E-state index in [9.17, 15) is 20.4 Å². The molecule has 4 nitrogen and oxygen atoms in total. The van der Waals surface area contributed by atoms with E-state index in [1.807, 2.05) is 74.5 Å². The molecule has 0 unspecified atom stereocenters. The lowest BCUT2D eigenvalue weighted by atomic mass is 9.90. The zero-order valence-corrected chi connectivity index (χ0v) is 19.4. The topological polar surface area (TPSA) is 80.9 Å². The Hall–Kier alpha value is -3.92. The molecule has 0 saturated carbocycles. The largest absolute Gasteiger partial charge is 0.507 e. The summed E-state index contributed by atoms with van der Waals surface area (Å²) in [5.41, 5.74) is 7.79. The Balaban J connectivity index is 1.75. The number of fused-ring (bicyclic) bond motifs is 8. The van der Waals surface area contributed by atoms with Crippen LogP contribution in [-0.4, -0.2) is 20.4 Å². The highest BCUT2D eigenvalue weighted by molar-refractivity contribution is 5.55. The Morgan fingerprint density at radius 1 is 0.412 bits per heavy atom. The van der Waals surface area contributed by atoms with Gasteiger partial charge in [0.1, 0.15) is 23.0 Å². The number of para-hydroxylation sites is 2. The van der Waals surface area contributed by atoms with E-state index in [0.29, 0.717) is 47.9 Å². The third kappa shape index (κ3) is 3.96. The third-order valence-electron chi connectivity index (χ3n) is 6.75. The highest BCUT2D eigenvalue weighted by Gasteiger charge is 2.19. The average Bonchev–Trinajstić information content (AvgIpc) is 2.79. The molecule has 4 N–H and O–H groups in total. The Morgan fingerprint density at radius 2 is 0.647 bits per heavy atom. The van der Waals surface area contributed by atoms with Crippen molar-refractivity contribution in [3.05, 3.63) is 116 Å². The van der Waals surface area contributed by atoms with E-state index in [4.69, 9.17) is 0 Å². The van der Waals surface area contributed by atoms with Gasteiger partial charge in [-0.1, -0.05) is 71.8 Å². The fourth-order valence-corrected chi connectivity index (χ4v) is 5.09. The van der Waals surface area contributed by atoms with Crippen LogP contribution in [0.25, 0.3) is 0 Å². The number of phenolic OH excluding ortho intramolecular Hbond substituents is 4. The number of phenols is 4. The van der Waals surface area contributed by atoms with Gasteiger partial charge in [-0.2, -0.15) is 0 Å². The maximum atomic E-state index is 11.1. The molecule has 8 bridgehead atoms. The van der Waals surface area contributed by atoms with Gasteiger partial charge in [0.05, 0.1) is 0 Å². The highest BCUT2D eigenvalue weighted by Crippen LogP contribution is 2.37. The molecule has 1 aliphatic rings. The molecule has 0 aromatic heterocycles. The van der Waals surface area contributed by atoms with Gasteiger partial charge in [0.2, 0.25) is 0 Å². The predicted molar refractivity (Wildman–Crippen MR) is 133 cm³/mol. The van der Waals surface area contributed by atoms with Crippen molar-refractivity contribution in [1.82, 2.24) is 0 Å². The lowest BCUT2D eigenvalue weighted by Gasteiger charge is -2.18. The second-order valence-electron chi connectivity index (χ2n) is 9.42. The first kappa shape index (κ1) is 21.9. The molecule has 0 heterocycles. The van der Waals surface area contributed by atoms with Gasteiger partial charge in [0, 0.05) is 25.7 Å². The normalized spacial score (nSPS) is 13.0. The SMILES string of the molecule is Cc1cc2c(O)c(c1)Cc1cccc(c1O)Cc1cc(C)cc(c1O)Cc1cccc(c1O)C2. The third-order valence-corrected chi connectivity index (χ3v) is 6.75. The average molecular weight is 453 g/mol. The first-order chi connectivity index (χ1) is 16.3. The number of aryl methyl sites for hydroxylation is 2. The first-order valence-corrected chi connectivity index (χ1v) is 11.5. The van der Waals surface area contributed by atoms with Crippen LogP contribution in [-0.2, 0) is 25.7 Å². The van der Waals surface area contributed by atoms with Crippen molar-refractivity contribution in [2.75, 3.05) is 0 Å². The molecule has 5 rings (SSSR count). The Labute approximate surface area is 199 Å². The summed E-state index contributed by atoms with van der Waals surface area (Å²) in [7, 11) is 0. The summed E-state index contributed by atoms with van der Waals surface area (Å²) in [5.74, 6) is 0.737. The maximum Gasteiger partial charge on any atom is 0.122 e. The summed E-state index contributed by atoms with van der Waals surface area (Å²) in [6.07, 6.45) is 1.49. The summed E-state index contributed by atoms with van der Waals surface area (Å²) >= 11 is 0. The molecule has 0 amide bonds. The predicted octanol–water partition coefficient (Wildman–Crippen LogP) is 5.80. The molecule has 1 aliphatic carbocycles. The zero-order chi connectivity index (χ0) is 24.0. The fourth-order valence-electron chi connectivity index (χ4n) is 5.09. The molecule has 0 radical (unpaired) electrons. The molecule has 4 heteroatoms. The van der Waals surface area contributed by atoms with Crippen molar-refractivity contribution in [2.45, 2.75) is 39.5 Å². The van der Waals surface area contributed by atoms with Crippen LogP contribution < -0.4 is 0 Å². The quantitative estimate of drug-likeness (QED) is 0.239. The zero-order valence-electron chi connectivity index (χ0n) is 19.4. The van der Waals surface area contributed by atoms with Crippen LogP contribution in [0.1, 0.15) is 55.6 Å². The van der Waals surface area contributed by atoms with Gasteiger partial charge in [-0.3, -0.25) is 0 Å². The molecule has 0 saturated heterocycles. The molecule has 0 fully saturated rings. The van der Waals surface area contributed by atoms with Crippen molar-refractivity contribution in [1.29, 1.82) is 0 Å². The van der Waals surface area contributed by atoms with E-state index in [1.165, 1.54) is 0 Å². The maximum absolute atomic E-state index is 11.1. The van der Waals surface area contributed by atoms with Crippen molar-refractivity contribution < 1.29 is 20.4 Å². The van der Waals surface area contributed by atoms with Crippen molar-refractivity contribution in [3.63, 3.8) is 0 Å². The number of benzene rings is 4. The number of aromatic hydroxyl groups is 4. The number of rotatable bonds is 0. The summed E-state index contributed by atoms with van der Waals surface area (Å²) < 4.78 is 0. The summed E-state index contributed by atoms with van der Waals surface area (Å²) in [6, 6.07) is 19.0. The van der Waals surface area contributed by atoms with Gasteiger partial charge >= 0.3 is 0 Å². The van der Waals surface area contributed by atoms with Gasteiger partial charge in [-0.05, 0) is 58.4 Å². The van der Waals surface area contributed by atoms with Crippen molar-refractivity contribution in [3.8, 4) is 23.0 Å². The van der Waals surface area contributed by atoms with Crippen LogP contribution in [0.5, 0.6) is 23.0 Å². The molecule has 172 valence electrons. The summed E-state index contributed by atoms with van der Waals surface area (Å²) in [5, 5.41) is 44.4. The van der Waals surface area contributed by atoms with Crippen LogP contribution in [0.2, 0.25) is 0 Å². The second-order valence-corrected chi connectivity index (χ2v) is 9.42. The van der Waals surface area contributed by atoms with E-state index in [0.717, 1.165) is 33.4 Å². The van der Waals surface area contributed by atoms with Crippen LogP contribution in [0.4, 0.5) is 0 Å². The fraction of sp³-hybridized carbons (Fsp3) is 0.200. The molecule has 0 spiro atoms. The minimum atomic E-state index is 0.183. The van der Waals surface area contributed by atoms with Gasteiger partial charge in [0.15, 0.2) is 0 Å². The molecular formula is C30H28O4.